The number of rotatable bonds is 3. The second kappa shape index (κ2) is 4.74. The quantitative estimate of drug-likeness (QED) is 0.799. The topological polar surface area (TPSA) is 92.3 Å². The molecule has 0 spiro atoms. The zero-order valence-electron chi connectivity index (χ0n) is 9.09. The smallest absolute Gasteiger partial charge is 0.323 e. The van der Waals surface area contributed by atoms with Gasteiger partial charge in [-0.1, -0.05) is 18.3 Å². The van der Waals surface area contributed by atoms with Gasteiger partial charge in [0.1, 0.15) is 0 Å². The van der Waals surface area contributed by atoms with E-state index in [4.69, 9.17) is 0 Å². The fourth-order valence-corrected chi connectivity index (χ4v) is 2.69. The van der Waals surface area contributed by atoms with Gasteiger partial charge in [-0.2, -0.15) is 0 Å². The van der Waals surface area contributed by atoms with Gasteiger partial charge < -0.3 is 4.90 Å². The molecular weight excluding hydrogens is 252 g/mol. The molecule has 0 radical (unpaired) electrons. The number of aromatic nitrogens is 2. The number of sulfone groups is 1. The predicted octanol–water partition coefficient (Wildman–Crippen LogP) is 0.425. The van der Waals surface area contributed by atoms with Crippen molar-refractivity contribution in [2.24, 2.45) is 0 Å². The molecule has 9 heteroatoms. The van der Waals surface area contributed by atoms with Crippen molar-refractivity contribution in [1.82, 2.24) is 15.1 Å². The first-order chi connectivity index (χ1) is 7.36. The maximum absolute atomic E-state index is 11.4. The van der Waals surface area contributed by atoms with Crippen molar-refractivity contribution in [3.05, 3.63) is 0 Å². The number of amides is 2. The van der Waals surface area contributed by atoms with Crippen molar-refractivity contribution in [3.8, 4) is 0 Å². The largest absolute Gasteiger partial charge is 0.331 e. The van der Waals surface area contributed by atoms with Crippen LogP contribution in [0.15, 0.2) is 4.34 Å². The predicted molar refractivity (Wildman–Crippen MR) is 60.3 cm³/mol. The SMILES string of the molecule is CCS(=O)(=O)c1nnc(NC(=O)N(C)C)s1. The van der Waals surface area contributed by atoms with Crippen molar-refractivity contribution in [3.63, 3.8) is 0 Å². The van der Waals surface area contributed by atoms with Crippen LogP contribution in [0, 0.1) is 0 Å². The summed E-state index contributed by atoms with van der Waals surface area (Å²) in [5.74, 6) is -0.0384. The van der Waals surface area contributed by atoms with Crippen LogP contribution in [0.1, 0.15) is 6.92 Å². The maximum atomic E-state index is 11.4. The summed E-state index contributed by atoms with van der Waals surface area (Å²) < 4.78 is 22.8. The van der Waals surface area contributed by atoms with Gasteiger partial charge in [0.2, 0.25) is 19.3 Å². The highest BCUT2D eigenvalue weighted by atomic mass is 32.2. The first kappa shape index (κ1) is 12.8. The van der Waals surface area contributed by atoms with Gasteiger partial charge in [-0.25, -0.2) is 13.2 Å². The Kier molecular flexibility index (Phi) is 3.81. The van der Waals surface area contributed by atoms with E-state index in [1.165, 1.54) is 11.8 Å². The Morgan fingerprint density at radius 3 is 2.56 bits per heavy atom. The molecule has 0 unspecified atom stereocenters. The number of carbonyl (C=O) groups excluding carboxylic acids is 1. The molecular formula is C7H12N4O3S2. The second-order valence-electron chi connectivity index (χ2n) is 3.10. The third-order valence-electron chi connectivity index (χ3n) is 1.67. The molecule has 0 aliphatic rings. The summed E-state index contributed by atoms with van der Waals surface area (Å²) in [6, 6.07) is -0.378. The number of nitrogens with one attached hydrogen (secondary N) is 1. The average molecular weight is 264 g/mol. The van der Waals surface area contributed by atoms with Gasteiger partial charge in [0.05, 0.1) is 5.75 Å². The summed E-state index contributed by atoms with van der Waals surface area (Å²) in [5.41, 5.74) is 0. The third-order valence-corrected chi connectivity index (χ3v) is 4.69. The van der Waals surface area contributed by atoms with E-state index in [0.717, 1.165) is 11.3 Å². The molecule has 0 atom stereocenters. The van der Waals surface area contributed by atoms with E-state index in [2.05, 4.69) is 15.5 Å². The van der Waals surface area contributed by atoms with Gasteiger partial charge in [-0.15, -0.1) is 10.2 Å². The van der Waals surface area contributed by atoms with Crippen molar-refractivity contribution < 1.29 is 13.2 Å². The standard InChI is InChI=1S/C7H12N4O3S2/c1-4-16(13,14)7-10-9-5(15-7)8-6(12)11(2)3/h4H2,1-3H3,(H,8,9,12). The molecule has 1 aromatic heterocycles. The van der Waals surface area contributed by atoms with Crippen molar-refractivity contribution in [2.75, 3.05) is 25.2 Å². The molecule has 0 aliphatic heterocycles. The van der Waals surface area contributed by atoms with E-state index in [1.54, 1.807) is 14.1 Å². The highest BCUT2D eigenvalue weighted by molar-refractivity contribution is 7.93. The molecule has 90 valence electrons. The summed E-state index contributed by atoms with van der Waals surface area (Å²) in [5, 5.41) is 9.70. The Hall–Kier alpha value is -1.22. The first-order valence-electron chi connectivity index (χ1n) is 4.41. The lowest BCUT2D eigenvalue weighted by atomic mass is 10.8. The molecule has 0 bridgehead atoms. The molecule has 16 heavy (non-hydrogen) atoms. The maximum Gasteiger partial charge on any atom is 0.323 e. The molecule has 0 fully saturated rings. The third kappa shape index (κ3) is 2.89. The summed E-state index contributed by atoms with van der Waals surface area (Å²) in [6.07, 6.45) is 0. The molecule has 2 amide bonds. The molecule has 7 nitrogen and oxygen atoms in total. The van der Waals surface area contributed by atoms with E-state index in [9.17, 15) is 13.2 Å². The lowest BCUT2D eigenvalue weighted by Gasteiger charge is -2.08. The minimum atomic E-state index is -3.35. The average Bonchev–Trinajstić information content (AvgIpc) is 2.66. The Bertz CT molecular complexity index is 480. The highest BCUT2D eigenvalue weighted by Gasteiger charge is 2.18. The van der Waals surface area contributed by atoms with Gasteiger partial charge in [0.25, 0.3) is 0 Å². The van der Waals surface area contributed by atoms with Crippen LogP contribution in [0.25, 0.3) is 0 Å². The fourth-order valence-electron chi connectivity index (χ4n) is 0.713. The number of carbonyl (C=O) groups is 1. The monoisotopic (exact) mass is 264 g/mol. The molecule has 1 aromatic rings. The van der Waals surface area contributed by atoms with Crippen molar-refractivity contribution >= 4 is 32.3 Å². The summed E-state index contributed by atoms with van der Waals surface area (Å²) >= 11 is 0.841. The number of hydrogen-bond acceptors (Lipinski definition) is 6. The van der Waals surface area contributed by atoms with Gasteiger partial charge in [0, 0.05) is 14.1 Å². The van der Waals surface area contributed by atoms with Crippen LogP contribution in [0.3, 0.4) is 0 Å². The lowest BCUT2D eigenvalue weighted by molar-refractivity contribution is 0.230. The van der Waals surface area contributed by atoms with Gasteiger partial charge >= 0.3 is 6.03 Å². The highest BCUT2D eigenvalue weighted by Crippen LogP contribution is 2.20. The molecule has 0 saturated carbocycles. The number of anilines is 1. The zero-order chi connectivity index (χ0) is 12.3. The number of nitrogens with zero attached hydrogens (tertiary/aromatic N) is 3. The Morgan fingerprint density at radius 2 is 2.06 bits per heavy atom. The Balaban J connectivity index is 2.85. The normalized spacial score (nSPS) is 11.2. The van der Waals surface area contributed by atoms with E-state index >= 15 is 0 Å². The Labute approximate surface area is 97.4 Å². The lowest BCUT2D eigenvalue weighted by Crippen LogP contribution is -2.27. The molecule has 0 aromatic carbocycles. The van der Waals surface area contributed by atoms with Crippen LogP contribution in [0.4, 0.5) is 9.93 Å². The summed E-state index contributed by atoms with van der Waals surface area (Å²) in [7, 11) is -0.214. The molecule has 1 N–H and O–H groups in total. The Morgan fingerprint density at radius 1 is 1.44 bits per heavy atom. The number of hydrogen-bond donors (Lipinski definition) is 1. The van der Waals surface area contributed by atoms with E-state index in [0.29, 0.717) is 0 Å². The summed E-state index contributed by atoms with van der Waals surface area (Å²) in [6.45, 7) is 1.52. The van der Waals surface area contributed by atoms with Crippen LogP contribution < -0.4 is 5.32 Å². The van der Waals surface area contributed by atoms with Gasteiger partial charge in [-0.3, -0.25) is 5.32 Å². The minimum Gasteiger partial charge on any atom is -0.331 e. The number of urea groups is 1. The fraction of sp³-hybridized carbons (Fsp3) is 0.571. The zero-order valence-corrected chi connectivity index (χ0v) is 10.7. The van der Waals surface area contributed by atoms with Crippen LogP contribution in [0.2, 0.25) is 0 Å². The van der Waals surface area contributed by atoms with Crippen LogP contribution in [-0.2, 0) is 9.84 Å². The van der Waals surface area contributed by atoms with Crippen LogP contribution in [-0.4, -0.2) is 49.4 Å². The van der Waals surface area contributed by atoms with E-state index in [1.807, 2.05) is 0 Å². The second-order valence-corrected chi connectivity index (χ2v) is 6.53. The van der Waals surface area contributed by atoms with Crippen LogP contribution >= 0.6 is 11.3 Å². The van der Waals surface area contributed by atoms with Gasteiger partial charge in [-0.05, 0) is 0 Å². The summed E-state index contributed by atoms with van der Waals surface area (Å²) in [4.78, 5) is 12.6. The van der Waals surface area contributed by atoms with Gasteiger partial charge in [0.15, 0.2) is 0 Å². The van der Waals surface area contributed by atoms with E-state index < -0.39 is 9.84 Å². The molecule has 0 saturated heterocycles. The molecule has 0 aliphatic carbocycles. The minimum absolute atomic E-state index is 0.0384. The molecule has 1 heterocycles. The van der Waals surface area contributed by atoms with Crippen molar-refractivity contribution in [1.29, 1.82) is 0 Å². The molecule has 1 rings (SSSR count). The van der Waals surface area contributed by atoms with Crippen molar-refractivity contribution in [2.45, 2.75) is 11.3 Å². The first-order valence-corrected chi connectivity index (χ1v) is 6.88. The van der Waals surface area contributed by atoms with Crippen LogP contribution in [0.5, 0.6) is 0 Å². The van der Waals surface area contributed by atoms with E-state index in [-0.39, 0.29) is 21.3 Å².